The fourth-order valence-electron chi connectivity index (χ4n) is 4.37. The first kappa shape index (κ1) is 21.2. The molecule has 1 amide bonds. The minimum absolute atomic E-state index is 0.232. The fraction of sp³-hybridized carbons (Fsp3) is 0.708. The van der Waals surface area contributed by atoms with E-state index in [9.17, 15) is 4.79 Å². The Labute approximate surface area is 171 Å². The van der Waals surface area contributed by atoms with E-state index in [1.165, 1.54) is 38.8 Å². The van der Waals surface area contributed by atoms with Gasteiger partial charge in [0.1, 0.15) is 5.75 Å². The lowest BCUT2D eigenvalue weighted by molar-refractivity contribution is -0.140. The number of carbonyl (C=O) groups is 1. The lowest BCUT2D eigenvalue weighted by Gasteiger charge is -2.45. The Morgan fingerprint density at radius 1 is 1.18 bits per heavy atom. The first-order valence-corrected chi connectivity index (χ1v) is 11.1. The number of rotatable bonds is 9. The SMILES string of the molecule is CC(CCOc1ccc(CC(=O)N2CC(C)(C)C2)cc1)CCC1CCNCC1. The molecule has 0 radical (unpaired) electrons. The lowest BCUT2D eigenvalue weighted by atomic mass is 9.84. The van der Waals surface area contributed by atoms with Crippen LogP contribution in [0.25, 0.3) is 0 Å². The van der Waals surface area contributed by atoms with Gasteiger partial charge < -0.3 is 15.0 Å². The molecule has 0 aromatic heterocycles. The summed E-state index contributed by atoms with van der Waals surface area (Å²) in [6.45, 7) is 11.7. The first-order chi connectivity index (χ1) is 13.4. The summed E-state index contributed by atoms with van der Waals surface area (Å²) in [7, 11) is 0. The molecule has 0 spiro atoms. The highest BCUT2D eigenvalue weighted by Crippen LogP contribution is 2.29. The average Bonchev–Trinajstić information content (AvgIpc) is 2.66. The molecule has 1 aromatic carbocycles. The normalized spacial score (nSPS) is 20.5. The number of nitrogens with one attached hydrogen (secondary N) is 1. The van der Waals surface area contributed by atoms with E-state index in [4.69, 9.17) is 4.74 Å². The smallest absolute Gasteiger partial charge is 0.227 e. The summed E-state index contributed by atoms with van der Waals surface area (Å²) in [6, 6.07) is 8.06. The third-order valence-corrected chi connectivity index (χ3v) is 6.28. The molecule has 0 bridgehead atoms. The zero-order valence-corrected chi connectivity index (χ0v) is 18.0. The van der Waals surface area contributed by atoms with Gasteiger partial charge in [-0.3, -0.25) is 4.79 Å². The van der Waals surface area contributed by atoms with Crippen molar-refractivity contribution in [2.75, 3.05) is 32.8 Å². The van der Waals surface area contributed by atoms with Gasteiger partial charge in [-0.2, -0.15) is 0 Å². The Kier molecular flexibility index (Phi) is 7.39. The molecule has 2 saturated heterocycles. The number of ether oxygens (including phenoxy) is 1. The van der Waals surface area contributed by atoms with Gasteiger partial charge >= 0.3 is 0 Å². The molecule has 28 heavy (non-hydrogen) atoms. The quantitative estimate of drug-likeness (QED) is 0.689. The van der Waals surface area contributed by atoms with Crippen LogP contribution in [0.1, 0.15) is 58.4 Å². The van der Waals surface area contributed by atoms with E-state index in [0.717, 1.165) is 43.3 Å². The van der Waals surface area contributed by atoms with Gasteiger partial charge in [0, 0.05) is 13.1 Å². The predicted octanol–water partition coefficient (Wildman–Crippen LogP) is 4.28. The highest BCUT2D eigenvalue weighted by molar-refractivity contribution is 5.79. The van der Waals surface area contributed by atoms with Crippen LogP contribution in [0.15, 0.2) is 24.3 Å². The molecule has 1 atom stereocenters. The van der Waals surface area contributed by atoms with Gasteiger partial charge in [0.2, 0.25) is 5.91 Å². The monoisotopic (exact) mass is 386 g/mol. The predicted molar refractivity (Wildman–Crippen MR) is 115 cm³/mol. The van der Waals surface area contributed by atoms with Crippen molar-refractivity contribution in [3.05, 3.63) is 29.8 Å². The molecular formula is C24H38N2O2. The van der Waals surface area contributed by atoms with Gasteiger partial charge in [0.15, 0.2) is 0 Å². The number of amides is 1. The van der Waals surface area contributed by atoms with Crippen LogP contribution in [0.3, 0.4) is 0 Å². The summed E-state index contributed by atoms with van der Waals surface area (Å²) in [4.78, 5) is 14.2. The zero-order valence-electron chi connectivity index (χ0n) is 18.0. The number of nitrogens with zero attached hydrogens (tertiary/aromatic N) is 1. The third-order valence-electron chi connectivity index (χ3n) is 6.28. The molecule has 4 heteroatoms. The van der Waals surface area contributed by atoms with Crippen molar-refractivity contribution in [1.29, 1.82) is 0 Å². The number of piperidine rings is 1. The summed E-state index contributed by atoms with van der Waals surface area (Å²) in [5.41, 5.74) is 1.36. The van der Waals surface area contributed by atoms with Crippen LogP contribution >= 0.6 is 0 Å². The molecule has 2 heterocycles. The lowest BCUT2D eigenvalue weighted by Crippen LogP contribution is -2.55. The van der Waals surface area contributed by atoms with Crippen LogP contribution in [-0.4, -0.2) is 43.6 Å². The molecule has 2 aliphatic heterocycles. The fourth-order valence-corrected chi connectivity index (χ4v) is 4.37. The largest absolute Gasteiger partial charge is 0.494 e. The molecule has 3 rings (SSSR count). The summed E-state index contributed by atoms with van der Waals surface area (Å²) < 4.78 is 5.93. The van der Waals surface area contributed by atoms with E-state index in [2.05, 4.69) is 26.1 Å². The number of benzene rings is 1. The van der Waals surface area contributed by atoms with Crippen molar-refractivity contribution >= 4 is 5.91 Å². The van der Waals surface area contributed by atoms with E-state index in [-0.39, 0.29) is 11.3 Å². The van der Waals surface area contributed by atoms with Crippen molar-refractivity contribution in [3.63, 3.8) is 0 Å². The van der Waals surface area contributed by atoms with Gasteiger partial charge in [-0.15, -0.1) is 0 Å². The summed E-state index contributed by atoms with van der Waals surface area (Å²) in [5.74, 6) is 2.78. The van der Waals surface area contributed by atoms with E-state index in [0.29, 0.717) is 12.3 Å². The third kappa shape index (κ3) is 6.51. The van der Waals surface area contributed by atoms with Crippen molar-refractivity contribution in [2.45, 2.75) is 59.3 Å². The molecule has 4 nitrogen and oxygen atoms in total. The molecule has 1 aromatic rings. The van der Waals surface area contributed by atoms with Crippen LogP contribution < -0.4 is 10.1 Å². The van der Waals surface area contributed by atoms with Crippen molar-refractivity contribution in [1.82, 2.24) is 10.2 Å². The molecular weight excluding hydrogens is 348 g/mol. The summed E-state index contributed by atoms with van der Waals surface area (Å²) in [6.07, 6.45) is 6.95. The summed E-state index contributed by atoms with van der Waals surface area (Å²) in [5, 5.41) is 3.44. The maximum atomic E-state index is 12.3. The van der Waals surface area contributed by atoms with Gasteiger partial charge in [-0.05, 0) is 67.3 Å². The van der Waals surface area contributed by atoms with Crippen molar-refractivity contribution < 1.29 is 9.53 Å². The second-order valence-corrected chi connectivity index (χ2v) is 9.75. The second-order valence-electron chi connectivity index (χ2n) is 9.75. The average molecular weight is 387 g/mol. The van der Waals surface area contributed by atoms with E-state index >= 15 is 0 Å². The molecule has 156 valence electrons. The number of carbonyl (C=O) groups excluding carboxylic acids is 1. The van der Waals surface area contributed by atoms with Crippen LogP contribution in [-0.2, 0) is 11.2 Å². The number of hydrogen-bond acceptors (Lipinski definition) is 3. The molecule has 1 N–H and O–H groups in total. The van der Waals surface area contributed by atoms with Crippen LogP contribution in [0.5, 0.6) is 5.75 Å². The van der Waals surface area contributed by atoms with E-state index in [1.54, 1.807) is 0 Å². The molecule has 2 fully saturated rings. The number of likely N-dealkylation sites (tertiary alicyclic amines) is 1. The Morgan fingerprint density at radius 2 is 1.86 bits per heavy atom. The van der Waals surface area contributed by atoms with Crippen LogP contribution in [0.4, 0.5) is 0 Å². The maximum Gasteiger partial charge on any atom is 0.227 e. The van der Waals surface area contributed by atoms with Crippen LogP contribution in [0.2, 0.25) is 0 Å². The number of hydrogen-bond donors (Lipinski definition) is 1. The van der Waals surface area contributed by atoms with E-state index < -0.39 is 0 Å². The highest BCUT2D eigenvalue weighted by Gasteiger charge is 2.36. The minimum atomic E-state index is 0.232. The highest BCUT2D eigenvalue weighted by atomic mass is 16.5. The topological polar surface area (TPSA) is 41.6 Å². The van der Waals surface area contributed by atoms with Gasteiger partial charge in [0.05, 0.1) is 13.0 Å². The van der Waals surface area contributed by atoms with Crippen molar-refractivity contribution in [2.24, 2.45) is 17.3 Å². The molecule has 0 saturated carbocycles. The van der Waals surface area contributed by atoms with Gasteiger partial charge in [-0.25, -0.2) is 0 Å². The Hall–Kier alpha value is -1.55. The minimum Gasteiger partial charge on any atom is -0.494 e. The van der Waals surface area contributed by atoms with Crippen molar-refractivity contribution in [3.8, 4) is 5.75 Å². The standard InChI is InChI=1S/C24H38N2O2/c1-19(4-5-20-10-13-25-14-11-20)12-15-28-22-8-6-21(7-9-22)16-23(27)26-17-24(2,3)18-26/h6-9,19-20,25H,4-5,10-18H2,1-3H3. The molecule has 0 aliphatic carbocycles. The Bertz CT molecular complexity index is 612. The van der Waals surface area contributed by atoms with Gasteiger partial charge in [0.25, 0.3) is 0 Å². The molecule has 2 aliphatic rings. The Morgan fingerprint density at radius 3 is 2.50 bits per heavy atom. The zero-order chi connectivity index (χ0) is 20.0. The second kappa shape index (κ2) is 9.78. The molecule has 1 unspecified atom stereocenters. The van der Waals surface area contributed by atoms with Gasteiger partial charge in [-0.1, -0.05) is 45.7 Å². The Balaban J connectivity index is 1.31. The van der Waals surface area contributed by atoms with E-state index in [1.807, 2.05) is 29.2 Å². The summed E-state index contributed by atoms with van der Waals surface area (Å²) >= 11 is 0. The van der Waals surface area contributed by atoms with Crippen LogP contribution in [0, 0.1) is 17.3 Å². The maximum absolute atomic E-state index is 12.3. The first-order valence-electron chi connectivity index (χ1n) is 11.1.